The number of allylic oxidation sites excluding steroid dienone is 1. The van der Waals surface area contributed by atoms with Gasteiger partial charge >= 0.3 is 5.97 Å². The van der Waals surface area contributed by atoms with Gasteiger partial charge in [-0.2, -0.15) is 0 Å². The molecule has 0 N–H and O–H groups in total. The van der Waals surface area contributed by atoms with Gasteiger partial charge in [0.15, 0.2) is 0 Å². The van der Waals surface area contributed by atoms with Crippen molar-refractivity contribution in [3.8, 4) is 0 Å². The monoisotopic (exact) mass is 470 g/mol. The highest BCUT2D eigenvalue weighted by atomic mass is 16.5. The van der Waals surface area contributed by atoms with Gasteiger partial charge in [-0.25, -0.2) is 0 Å². The fraction of sp³-hybridized carbons (Fsp3) is 0.906. The molecule has 0 radical (unpaired) electrons. The number of hydrogen-bond donors (Lipinski definition) is 0. The number of carbonyl (C=O) groups is 1. The second-order valence-electron chi connectivity index (χ2n) is 14.2. The molecule has 0 spiro atoms. The smallest absolute Gasteiger partial charge is 0.306 e. The van der Waals surface area contributed by atoms with Crippen molar-refractivity contribution in [3.63, 3.8) is 0 Å². The molecule has 194 valence electrons. The van der Waals surface area contributed by atoms with Crippen molar-refractivity contribution in [2.24, 2.45) is 52.3 Å². The zero-order chi connectivity index (χ0) is 24.7. The molecule has 4 rings (SSSR count). The van der Waals surface area contributed by atoms with Crippen molar-refractivity contribution >= 4 is 5.97 Å². The van der Waals surface area contributed by atoms with Gasteiger partial charge in [-0.05, 0) is 97.2 Å². The number of hydrogen-bond acceptors (Lipinski definition) is 2. The molecule has 3 fully saturated rings. The summed E-state index contributed by atoms with van der Waals surface area (Å²) in [6.07, 6.45) is 17.8. The molecule has 2 nitrogen and oxygen atoms in total. The largest absolute Gasteiger partial charge is 0.462 e. The van der Waals surface area contributed by atoms with E-state index >= 15 is 0 Å². The van der Waals surface area contributed by atoms with Crippen LogP contribution in [0.4, 0.5) is 0 Å². The number of carbonyl (C=O) groups excluding carboxylic acids is 1. The molecule has 4 aliphatic carbocycles. The van der Waals surface area contributed by atoms with Crippen molar-refractivity contribution in [1.82, 2.24) is 0 Å². The molecular weight excluding hydrogens is 416 g/mol. The first-order chi connectivity index (χ1) is 16.0. The lowest BCUT2D eigenvalue weighted by Gasteiger charge is -2.58. The minimum absolute atomic E-state index is 0.00540. The molecule has 2 heteroatoms. The van der Waals surface area contributed by atoms with E-state index in [9.17, 15) is 4.79 Å². The van der Waals surface area contributed by atoms with Gasteiger partial charge in [0.1, 0.15) is 6.10 Å². The summed E-state index contributed by atoms with van der Waals surface area (Å²) in [7, 11) is 0. The summed E-state index contributed by atoms with van der Waals surface area (Å²) in [5, 5.41) is 0. The van der Waals surface area contributed by atoms with Crippen LogP contribution >= 0.6 is 0 Å². The summed E-state index contributed by atoms with van der Waals surface area (Å²) in [5.41, 5.74) is 2.53. The Morgan fingerprint density at radius 3 is 2.44 bits per heavy atom. The van der Waals surface area contributed by atoms with Gasteiger partial charge in [0, 0.05) is 12.8 Å². The zero-order valence-electron chi connectivity index (χ0n) is 23.5. The Morgan fingerprint density at radius 1 is 0.971 bits per heavy atom. The molecule has 8 atom stereocenters. The van der Waals surface area contributed by atoms with E-state index in [2.05, 4.69) is 54.5 Å². The highest BCUT2D eigenvalue weighted by Crippen LogP contribution is 2.67. The van der Waals surface area contributed by atoms with Crippen LogP contribution in [0.5, 0.6) is 0 Å². The Labute approximate surface area is 211 Å². The summed E-state index contributed by atoms with van der Waals surface area (Å²) in [5.74, 6) is 5.67. The lowest BCUT2D eigenvalue weighted by molar-refractivity contribution is -0.152. The second kappa shape index (κ2) is 10.3. The van der Waals surface area contributed by atoms with E-state index in [0.717, 1.165) is 48.3 Å². The van der Waals surface area contributed by atoms with E-state index in [-0.39, 0.29) is 12.1 Å². The van der Waals surface area contributed by atoms with Crippen LogP contribution in [0.25, 0.3) is 0 Å². The molecule has 1 unspecified atom stereocenters. The predicted octanol–water partition coefficient (Wildman–Crippen LogP) is 8.99. The summed E-state index contributed by atoms with van der Waals surface area (Å²) >= 11 is 0. The van der Waals surface area contributed by atoms with E-state index in [4.69, 9.17) is 4.74 Å². The number of esters is 1. The van der Waals surface area contributed by atoms with E-state index in [1.54, 1.807) is 5.57 Å². The predicted molar refractivity (Wildman–Crippen MR) is 142 cm³/mol. The van der Waals surface area contributed by atoms with E-state index in [1.165, 1.54) is 57.8 Å². The van der Waals surface area contributed by atoms with Gasteiger partial charge < -0.3 is 4.74 Å². The van der Waals surface area contributed by atoms with Gasteiger partial charge in [-0.15, -0.1) is 0 Å². The van der Waals surface area contributed by atoms with Crippen molar-refractivity contribution in [1.29, 1.82) is 0 Å². The summed E-state index contributed by atoms with van der Waals surface area (Å²) in [4.78, 5) is 12.3. The average Bonchev–Trinajstić information content (AvgIpc) is 3.10. The van der Waals surface area contributed by atoms with E-state index in [0.29, 0.717) is 23.2 Å². The summed E-state index contributed by atoms with van der Waals surface area (Å²) in [6.45, 7) is 16.8. The first-order valence-electron chi connectivity index (χ1n) is 14.9. The molecule has 0 heterocycles. The third-order valence-electron chi connectivity index (χ3n) is 11.1. The Kier molecular flexibility index (Phi) is 7.96. The van der Waals surface area contributed by atoms with Crippen molar-refractivity contribution < 1.29 is 9.53 Å². The van der Waals surface area contributed by atoms with Crippen molar-refractivity contribution in [2.75, 3.05) is 0 Å². The van der Waals surface area contributed by atoms with Crippen molar-refractivity contribution in [2.45, 2.75) is 132 Å². The zero-order valence-corrected chi connectivity index (χ0v) is 23.5. The molecule has 34 heavy (non-hydrogen) atoms. The van der Waals surface area contributed by atoms with Crippen LogP contribution < -0.4 is 0 Å². The van der Waals surface area contributed by atoms with Gasteiger partial charge in [0.05, 0.1) is 0 Å². The maximum atomic E-state index is 12.3. The van der Waals surface area contributed by atoms with Crippen LogP contribution in [0.15, 0.2) is 11.6 Å². The third-order valence-corrected chi connectivity index (χ3v) is 11.1. The number of rotatable bonds is 8. The molecule has 3 saturated carbocycles. The number of fused-ring (bicyclic) bond motifs is 5. The van der Waals surface area contributed by atoms with Gasteiger partial charge in [-0.1, -0.05) is 79.4 Å². The first kappa shape index (κ1) is 26.3. The topological polar surface area (TPSA) is 26.3 Å². The Bertz CT molecular complexity index is 750. The average molecular weight is 471 g/mol. The molecule has 0 aromatic carbocycles. The Balaban J connectivity index is 1.42. The molecule has 0 bridgehead atoms. The molecule has 0 saturated heterocycles. The highest BCUT2D eigenvalue weighted by Gasteiger charge is 2.59. The quantitative estimate of drug-likeness (QED) is 0.261. The first-order valence-corrected chi connectivity index (χ1v) is 14.9. The Morgan fingerprint density at radius 2 is 1.74 bits per heavy atom. The molecule has 0 amide bonds. The molecule has 4 aliphatic rings. The van der Waals surface area contributed by atoms with E-state index < -0.39 is 0 Å². The molecular formula is C32H54O2. The van der Waals surface area contributed by atoms with Gasteiger partial charge in [0.25, 0.3) is 0 Å². The summed E-state index contributed by atoms with van der Waals surface area (Å²) < 4.78 is 5.93. The van der Waals surface area contributed by atoms with Crippen LogP contribution in [0.1, 0.15) is 126 Å². The summed E-state index contributed by atoms with van der Waals surface area (Å²) in [6, 6.07) is 0. The molecule has 0 aliphatic heterocycles. The van der Waals surface area contributed by atoms with Crippen LogP contribution in [0, 0.1) is 52.3 Å². The second-order valence-corrected chi connectivity index (χ2v) is 14.2. The maximum absolute atomic E-state index is 12.3. The standard InChI is InChI=1S/C32H54O2/c1-21(2)9-8-10-23(5)27-13-14-28-26-12-11-24-20-25(34-30(33)19-22(3)4)15-17-31(24,6)29(26)16-18-32(27,28)7/h11,21-23,25-29H,8-10,12-20H2,1-7H3/t23?,25-,26-,27+,28-,29-,31-,32+/m0/s1. The maximum Gasteiger partial charge on any atom is 0.306 e. The fourth-order valence-corrected chi connectivity index (χ4v) is 9.32. The van der Waals surface area contributed by atoms with Crippen LogP contribution in [-0.2, 0) is 9.53 Å². The van der Waals surface area contributed by atoms with Gasteiger partial charge in [-0.3, -0.25) is 4.79 Å². The number of ether oxygens (including phenoxy) is 1. The van der Waals surface area contributed by atoms with Crippen LogP contribution in [-0.4, -0.2) is 12.1 Å². The minimum atomic E-state index is 0.00540. The highest BCUT2D eigenvalue weighted by molar-refractivity contribution is 5.69. The molecule has 0 aromatic rings. The van der Waals surface area contributed by atoms with Gasteiger partial charge in [0.2, 0.25) is 0 Å². The minimum Gasteiger partial charge on any atom is -0.462 e. The van der Waals surface area contributed by atoms with Crippen LogP contribution in [0.3, 0.4) is 0 Å². The lowest BCUT2D eigenvalue weighted by atomic mass is 9.47. The van der Waals surface area contributed by atoms with Crippen molar-refractivity contribution in [3.05, 3.63) is 11.6 Å². The Hall–Kier alpha value is -0.790. The third kappa shape index (κ3) is 5.04. The normalized spacial score (nSPS) is 40.4. The van der Waals surface area contributed by atoms with E-state index in [1.807, 2.05) is 0 Å². The SMILES string of the molecule is CC(C)CCCC(C)[C@H]1CC[C@H]2[C@@H]3CC=C4C[C@@H](OC(=O)CC(C)C)CC[C@]4(C)[C@H]3CC[C@]12C. The fourth-order valence-electron chi connectivity index (χ4n) is 9.32. The molecule has 0 aromatic heterocycles. The lowest BCUT2D eigenvalue weighted by Crippen LogP contribution is -2.51. The van der Waals surface area contributed by atoms with Crippen LogP contribution in [0.2, 0.25) is 0 Å².